The molecule has 9 nitrogen and oxygen atoms in total. The number of carbonyl (C=O) groups excluding carboxylic acids is 4. The van der Waals surface area contributed by atoms with Crippen LogP contribution in [0.4, 0.5) is 10.0 Å². The van der Waals surface area contributed by atoms with Crippen molar-refractivity contribution in [3.63, 3.8) is 0 Å². The minimum Gasteiger partial charge on any atom is -0.365 e. The molecule has 0 aliphatic heterocycles. The first-order valence-corrected chi connectivity index (χ1v) is 16.3. The normalized spacial score (nSPS) is 17.7. The molecule has 6 N–H and O–H groups in total. The number of hydrogen-bond donors (Lipinski definition) is 4. The second-order valence-corrected chi connectivity index (χ2v) is 13.5. The number of rotatable bonds is 10. The molecule has 0 bridgehead atoms. The van der Waals surface area contributed by atoms with E-state index in [0.717, 1.165) is 85.1 Å². The molecular formula is C31H37N5O4S2. The van der Waals surface area contributed by atoms with Crippen LogP contribution in [-0.2, 0) is 25.7 Å². The van der Waals surface area contributed by atoms with Crippen LogP contribution in [0.2, 0.25) is 0 Å². The van der Waals surface area contributed by atoms with Crippen molar-refractivity contribution in [1.29, 1.82) is 0 Å². The standard InChI is InChI=1S/C31H37N5O4S2/c1-3-6-16-10-12-18-22(14-16)41-30(24(18)26(32)37)35-28(39)20-8-5-9-21(34-20)29(40)36-31-25(27(33)38)19-13-11-17(7-4-2)15-23(19)42-31/h5,8-9,16-17H,3-4,6-7,10-15H2,1-2H3,(H2,32,37)(H2,33,38)(H,35,39)(H,36,40). The molecule has 3 aromatic heterocycles. The van der Waals surface area contributed by atoms with Gasteiger partial charge in [-0.2, -0.15) is 0 Å². The molecule has 0 saturated heterocycles. The maximum absolute atomic E-state index is 13.3. The highest BCUT2D eigenvalue weighted by atomic mass is 32.1. The summed E-state index contributed by atoms with van der Waals surface area (Å²) in [7, 11) is 0. The number of anilines is 2. The Kier molecular flexibility index (Phi) is 9.08. The summed E-state index contributed by atoms with van der Waals surface area (Å²) < 4.78 is 0. The van der Waals surface area contributed by atoms with E-state index in [1.54, 1.807) is 6.07 Å². The number of thiophene rings is 2. The molecular weight excluding hydrogens is 571 g/mol. The molecule has 11 heteroatoms. The lowest BCUT2D eigenvalue weighted by Crippen LogP contribution is -2.22. The van der Waals surface area contributed by atoms with Crippen LogP contribution in [0.25, 0.3) is 0 Å². The molecule has 2 unspecified atom stereocenters. The number of nitrogens with two attached hydrogens (primary N) is 2. The van der Waals surface area contributed by atoms with Gasteiger partial charge < -0.3 is 22.1 Å². The number of nitrogens with one attached hydrogen (secondary N) is 2. The predicted octanol–water partition coefficient (Wildman–Crippen LogP) is 5.72. The number of hydrogen-bond acceptors (Lipinski definition) is 7. The molecule has 222 valence electrons. The quantitative estimate of drug-likeness (QED) is 0.232. The van der Waals surface area contributed by atoms with Gasteiger partial charge in [0, 0.05) is 9.75 Å². The van der Waals surface area contributed by atoms with E-state index >= 15 is 0 Å². The Morgan fingerprint density at radius 1 is 0.786 bits per heavy atom. The molecule has 2 aliphatic carbocycles. The largest absolute Gasteiger partial charge is 0.365 e. The molecule has 2 aliphatic rings. The molecule has 3 aromatic rings. The molecule has 2 atom stereocenters. The topological polar surface area (TPSA) is 157 Å². The zero-order valence-corrected chi connectivity index (χ0v) is 25.6. The number of carbonyl (C=O) groups is 4. The van der Waals surface area contributed by atoms with Gasteiger partial charge >= 0.3 is 0 Å². The molecule has 3 heterocycles. The van der Waals surface area contributed by atoms with Crippen LogP contribution in [-0.4, -0.2) is 28.6 Å². The van der Waals surface area contributed by atoms with Crippen LogP contribution < -0.4 is 22.1 Å². The van der Waals surface area contributed by atoms with E-state index in [1.165, 1.54) is 34.8 Å². The van der Waals surface area contributed by atoms with Gasteiger partial charge in [0.1, 0.15) is 21.4 Å². The van der Waals surface area contributed by atoms with Crippen LogP contribution in [0.15, 0.2) is 18.2 Å². The van der Waals surface area contributed by atoms with Crippen molar-refractivity contribution in [2.24, 2.45) is 23.3 Å². The zero-order valence-electron chi connectivity index (χ0n) is 24.0. The third-order valence-corrected chi connectivity index (χ3v) is 10.6. The number of nitrogens with zero attached hydrogens (tertiary/aromatic N) is 1. The highest BCUT2D eigenvalue weighted by Crippen LogP contribution is 2.42. The number of primary amides is 2. The van der Waals surface area contributed by atoms with Crippen LogP contribution >= 0.6 is 22.7 Å². The minimum atomic E-state index is -0.567. The molecule has 0 spiro atoms. The fourth-order valence-corrected chi connectivity index (χ4v) is 9.06. The van der Waals surface area contributed by atoms with Crippen molar-refractivity contribution < 1.29 is 19.2 Å². The first-order chi connectivity index (χ1) is 20.2. The van der Waals surface area contributed by atoms with Crippen LogP contribution in [0.1, 0.15) is 115 Å². The van der Waals surface area contributed by atoms with E-state index in [-0.39, 0.29) is 11.4 Å². The Labute approximate surface area is 253 Å². The fraction of sp³-hybridized carbons (Fsp3) is 0.452. The molecule has 0 fully saturated rings. The average Bonchev–Trinajstić information content (AvgIpc) is 3.50. The van der Waals surface area contributed by atoms with Gasteiger partial charge in [-0.15, -0.1) is 22.7 Å². The Morgan fingerprint density at radius 2 is 1.21 bits per heavy atom. The van der Waals surface area contributed by atoms with Gasteiger partial charge in [-0.05, 0) is 73.6 Å². The Balaban J connectivity index is 1.34. The van der Waals surface area contributed by atoms with E-state index in [2.05, 4.69) is 29.5 Å². The SMILES string of the molecule is CCCC1CCc2c(sc(NC(=O)c3cccc(C(=O)Nc4sc5c(c4C(N)=O)CCC(CCC)C5)n3)c2C(N)=O)C1. The highest BCUT2D eigenvalue weighted by molar-refractivity contribution is 7.17. The maximum atomic E-state index is 13.3. The summed E-state index contributed by atoms with van der Waals surface area (Å²) >= 11 is 2.79. The summed E-state index contributed by atoms with van der Waals surface area (Å²) in [6.45, 7) is 4.33. The van der Waals surface area contributed by atoms with Crippen molar-refractivity contribution in [1.82, 2.24) is 4.98 Å². The summed E-state index contributed by atoms with van der Waals surface area (Å²) in [4.78, 5) is 57.7. The first-order valence-electron chi connectivity index (χ1n) is 14.7. The van der Waals surface area contributed by atoms with Crippen molar-refractivity contribution in [2.75, 3.05) is 10.6 Å². The van der Waals surface area contributed by atoms with E-state index in [4.69, 9.17) is 11.5 Å². The molecule has 5 rings (SSSR count). The zero-order chi connectivity index (χ0) is 30.0. The van der Waals surface area contributed by atoms with Gasteiger partial charge in [-0.25, -0.2) is 4.98 Å². The third kappa shape index (κ3) is 6.12. The Morgan fingerprint density at radius 3 is 1.60 bits per heavy atom. The van der Waals surface area contributed by atoms with Crippen molar-refractivity contribution >= 4 is 56.3 Å². The maximum Gasteiger partial charge on any atom is 0.274 e. The highest BCUT2D eigenvalue weighted by Gasteiger charge is 2.30. The monoisotopic (exact) mass is 607 g/mol. The number of amides is 4. The lowest BCUT2D eigenvalue weighted by Gasteiger charge is -2.21. The van der Waals surface area contributed by atoms with Crippen molar-refractivity contribution in [3.05, 3.63) is 61.6 Å². The molecule has 0 saturated carbocycles. The van der Waals surface area contributed by atoms with Crippen LogP contribution in [0.5, 0.6) is 0 Å². The van der Waals surface area contributed by atoms with Gasteiger partial charge in [-0.1, -0.05) is 45.6 Å². The molecule has 0 radical (unpaired) electrons. The van der Waals surface area contributed by atoms with E-state index in [1.807, 2.05) is 0 Å². The van der Waals surface area contributed by atoms with Crippen LogP contribution in [0, 0.1) is 11.8 Å². The molecule has 4 amide bonds. The lowest BCUT2D eigenvalue weighted by atomic mass is 9.84. The van der Waals surface area contributed by atoms with Crippen molar-refractivity contribution in [3.8, 4) is 0 Å². The van der Waals surface area contributed by atoms with E-state index in [9.17, 15) is 19.2 Å². The lowest BCUT2D eigenvalue weighted by molar-refractivity contribution is 0.0990. The second-order valence-electron chi connectivity index (χ2n) is 11.3. The van der Waals surface area contributed by atoms with Gasteiger partial charge in [0.15, 0.2) is 0 Å². The summed E-state index contributed by atoms with van der Waals surface area (Å²) in [6, 6.07) is 4.59. The third-order valence-electron chi connectivity index (χ3n) is 8.29. The number of pyridine rings is 1. The first kappa shape index (κ1) is 29.9. The van der Waals surface area contributed by atoms with Gasteiger partial charge in [-0.3, -0.25) is 19.2 Å². The summed E-state index contributed by atoms with van der Waals surface area (Å²) in [5, 5.41) is 6.49. The van der Waals surface area contributed by atoms with Gasteiger partial charge in [0.05, 0.1) is 11.1 Å². The Hall–Kier alpha value is -3.57. The summed E-state index contributed by atoms with van der Waals surface area (Å²) in [5.41, 5.74) is 14.1. The smallest absolute Gasteiger partial charge is 0.274 e. The van der Waals surface area contributed by atoms with Crippen molar-refractivity contribution in [2.45, 2.75) is 78.1 Å². The summed E-state index contributed by atoms with van der Waals surface area (Å²) in [6.07, 6.45) is 9.70. The Bertz CT molecular complexity index is 1430. The van der Waals surface area contributed by atoms with Crippen LogP contribution in [0.3, 0.4) is 0 Å². The minimum absolute atomic E-state index is 0.0244. The van der Waals surface area contributed by atoms with E-state index < -0.39 is 23.6 Å². The van der Waals surface area contributed by atoms with Gasteiger partial charge in [0.25, 0.3) is 23.6 Å². The predicted molar refractivity (Wildman–Crippen MR) is 167 cm³/mol. The number of fused-ring (bicyclic) bond motifs is 2. The van der Waals surface area contributed by atoms with Gasteiger partial charge in [0.2, 0.25) is 0 Å². The second kappa shape index (κ2) is 12.7. The molecule has 0 aromatic carbocycles. The average molecular weight is 608 g/mol. The molecule has 42 heavy (non-hydrogen) atoms. The van der Waals surface area contributed by atoms with E-state index in [0.29, 0.717) is 33.0 Å². The summed E-state index contributed by atoms with van der Waals surface area (Å²) in [5.74, 6) is -1.09. The fourth-order valence-electron chi connectivity index (χ4n) is 6.34. The number of aromatic nitrogens is 1.